The third kappa shape index (κ3) is 2.88. The SMILES string of the molecule is O=C(NCc1csc(C2CC2)n1)N[C@@H]1CCCc2occc21. The van der Waals surface area contributed by atoms with E-state index in [1.807, 2.05) is 11.4 Å². The largest absolute Gasteiger partial charge is 0.469 e. The highest BCUT2D eigenvalue weighted by Crippen LogP contribution is 2.41. The van der Waals surface area contributed by atoms with E-state index in [-0.39, 0.29) is 12.1 Å². The van der Waals surface area contributed by atoms with Crippen LogP contribution in [0.3, 0.4) is 0 Å². The van der Waals surface area contributed by atoms with Crippen molar-refractivity contribution in [3.63, 3.8) is 0 Å². The number of nitrogens with one attached hydrogen (secondary N) is 2. The van der Waals surface area contributed by atoms with Crippen LogP contribution in [0.4, 0.5) is 4.79 Å². The van der Waals surface area contributed by atoms with Crippen LogP contribution in [-0.2, 0) is 13.0 Å². The van der Waals surface area contributed by atoms with E-state index in [1.54, 1.807) is 17.6 Å². The summed E-state index contributed by atoms with van der Waals surface area (Å²) in [6.07, 6.45) is 7.19. The van der Waals surface area contributed by atoms with Crippen LogP contribution in [0, 0.1) is 0 Å². The molecule has 2 heterocycles. The van der Waals surface area contributed by atoms with Gasteiger partial charge in [-0.05, 0) is 31.7 Å². The summed E-state index contributed by atoms with van der Waals surface area (Å²) < 4.78 is 5.45. The molecule has 0 aromatic carbocycles. The van der Waals surface area contributed by atoms with Crippen molar-refractivity contribution in [3.8, 4) is 0 Å². The molecule has 2 amide bonds. The first-order valence-electron chi connectivity index (χ1n) is 7.84. The molecule has 1 saturated carbocycles. The van der Waals surface area contributed by atoms with Gasteiger partial charge < -0.3 is 15.1 Å². The van der Waals surface area contributed by atoms with E-state index >= 15 is 0 Å². The molecule has 0 aliphatic heterocycles. The van der Waals surface area contributed by atoms with Crippen molar-refractivity contribution in [2.45, 2.75) is 50.6 Å². The van der Waals surface area contributed by atoms with Gasteiger partial charge in [0.15, 0.2) is 0 Å². The first-order chi connectivity index (χ1) is 10.8. The van der Waals surface area contributed by atoms with Crippen molar-refractivity contribution in [2.75, 3.05) is 0 Å². The van der Waals surface area contributed by atoms with E-state index in [1.165, 1.54) is 17.8 Å². The van der Waals surface area contributed by atoms with E-state index in [2.05, 4.69) is 15.6 Å². The molecule has 0 bridgehead atoms. The fourth-order valence-corrected chi connectivity index (χ4v) is 3.93. The number of rotatable bonds is 4. The molecule has 1 atom stereocenters. The summed E-state index contributed by atoms with van der Waals surface area (Å²) in [4.78, 5) is 16.7. The smallest absolute Gasteiger partial charge is 0.315 e. The zero-order valence-corrected chi connectivity index (χ0v) is 13.1. The molecule has 0 spiro atoms. The van der Waals surface area contributed by atoms with Gasteiger partial charge in [-0.1, -0.05) is 0 Å². The maximum Gasteiger partial charge on any atom is 0.315 e. The summed E-state index contributed by atoms with van der Waals surface area (Å²) in [6, 6.07) is 1.88. The molecule has 2 aromatic heterocycles. The van der Waals surface area contributed by atoms with Gasteiger partial charge >= 0.3 is 6.03 Å². The maximum absolute atomic E-state index is 12.1. The van der Waals surface area contributed by atoms with Crippen LogP contribution >= 0.6 is 11.3 Å². The normalized spacial score (nSPS) is 20.5. The molecular weight excluding hydrogens is 298 g/mol. The van der Waals surface area contributed by atoms with Crippen molar-refractivity contribution in [3.05, 3.63) is 39.7 Å². The highest BCUT2D eigenvalue weighted by molar-refractivity contribution is 7.09. The van der Waals surface area contributed by atoms with E-state index in [0.717, 1.165) is 36.3 Å². The monoisotopic (exact) mass is 317 g/mol. The molecule has 116 valence electrons. The van der Waals surface area contributed by atoms with E-state index in [9.17, 15) is 4.79 Å². The Morgan fingerprint density at radius 2 is 2.32 bits per heavy atom. The van der Waals surface area contributed by atoms with Crippen LogP contribution < -0.4 is 10.6 Å². The third-order valence-electron chi connectivity index (χ3n) is 4.28. The lowest BCUT2D eigenvalue weighted by Crippen LogP contribution is -2.38. The fraction of sp³-hybridized carbons (Fsp3) is 0.500. The van der Waals surface area contributed by atoms with Gasteiger partial charge in [-0.2, -0.15) is 0 Å². The number of amides is 2. The van der Waals surface area contributed by atoms with Crippen LogP contribution in [-0.4, -0.2) is 11.0 Å². The molecule has 1 fully saturated rings. The average molecular weight is 317 g/mol. The second-order valence-corrected chi connectivity index (χ2v) is 6.91. The van der Waals surface area contributed by atoms with Gasteiger partial charge in [0.1, 0.15) is 5.76 Å². The minimum atomic E-state index is -0.139. The number of urea groups is 1. The Balaban J connectivity index is 1.31. The molecule has 22 heavy (non-hydrogen) atoms. The van der Waals surface area contributed by atoms with Gasteiger partial charge in [0.25, 0.3) is 0 Å². The summed E-state index contributed by atoms with van der Waals surface area (Å²) in [5, 5.41) is 9.20. The summed E-state index contributed by atoms with van der Waals surface area (Å²) >= 11 is 1.70. The molecule has 2 aliphatic rings. The molecule has 2 aliphatic carbocycles. The summed E-state index contributed by atoms with van der Waals surface area (Å²) in [5.74, 6) is 1.68. The van der Waals surface area contributed by atoms with Gasteiger partial charge in [0.2, 0.25) is 0 Å². The lowest BCUT2D eigenvalue weighted by molar-refractivity contribution is 0.234. The average Bonchev–Trinajstić information content (AvgIpc) is 3.07. The fourth-order valence-electron chi connectivity index (χ4n) is 2.94. The highest BCUT2D eigenvalue weighted by Gasteiger charge is 2.27. The molecule has 2 N–H and O–H groups in total. The second kappa shape index (κ2) is 5.76. The van der Waals surface area contributed by atoms with E-state index in [4.69, 9.17) is 4.42 Å². The predicted octanol–water partition coefficient (Wildman–Crippen LogP) is 3.49. The molecule has 0 radical (unpaired) electrons. The van der Waals surface area contributed by atoms with Crippen LogP contribution in [0.2, 0.25) is 0 Å². The minimum absolute atomic E-state index is 0.0555. The Kier molecular flexibility index (Phi) is 3.62. The maximum atomic E-state index is 12.1. The quantitative estimate of drug-likeness (QED) is 0.907. The van der Waals surface area contributed by atoms with E-state index in [0.29, 0.717) is 12.5 Å². The second-order valence-electron chi connectivity index (χ2n) is 6.02. The predicted molar refractivity (Wildman–Crippen MR) is 83.8 cm³/mol. The first kappa shape index (κ1) is 13.8. The summed E-state index contributed by atoms with van der Waals surface area (Å²) in [7, 11) is 0. The Bertz CT molecular complexity index is 674. The van der Waals surface area contributed by atoms with Crippen molar-refractivity contribution < 1.29 is 9.21 Å². The summed E-state index contributed by atoms with van der Waals surface area (Å²) in [6.45, 7) is 0.486. The number of hydrogen-bond donors (Lipinski definition) is 2. The standard InChI is InChI=1S/C16H19N3O2S/c20-16(17-8-11-9-22-15(18-11)10-4-5-10)19-13-2-1-3-14-12(13)6-7-21-14/h6-7,9-10,13H,1-5,8H2,(H2,17,19,20)/t13-/m1/s1. The Hall–Kier alpha value is -1.82. The van der Waals surface area contributed by atoms with Gasteiger partial charge in [0, 0.05) is 23.3 Å². The number of furan rings is 1. The van der Waals surface area contributed by atoms with Crippen LogP contribution in [0.15, 0.2) is 22.1 Å². The zero-order valence-electron chi connectivity index (χ0n) is 12.3. The van der Waals surface area contributed by atoms with Gasteiger partial charge in [-0.15, -0.1) is 11.3 Å². The number of nitrogens with zero attached hydrogens (tertiary/aromatic N) is 1. The van der Waals surface area contributed by atoms with Gasteiger partial charge in [0.05, 0.1) is 29.6 Å². The van der Waals surface area contributed by atoms with Crippen molar-refractivity contribution in [1.82, 2.24) is 15.6 Å². The number of carbonyl (C=O) groups excluding carboxylic acids is 1. The first-order valence-corrected chi connectivity index (χ1v) is 8.72. The van der Waals surface area contributed by atoms with Crippen molar-refractivity contribution >= 4 is 17.4 Å². The third-order valence-corrected chi connectivity index (χ3v) is 5.34. The zero-order chi connectivity index (χ0) is 14.9. The number of hydrogen-bond acceptors (Lipinski definition) is 4. The lowest BCUT2D eigenvalue weighted by atomic mass is 9.93. The number of fused-ring (bicyclic) bond motifs is 1. The lowest BCUT2D eigenvalue weighted by Gasteiger charge is -2.22. The highest BCUT2D eigenvalue weighted by atomic mass is 32.1. The number of thiazole rings is 1. The Morgan fingerprint density at radius 1 is 1.41 bits per heavy atom. The van der Waals surface area contributed by atoms with Crippen LogP contribution in [0.5, 0.6) is 0 Å². The minimum Gasteiger partial charge on any atom is -0.469 e. The molecule has 4 rings (SSSR count). The van der Waals surface area contributed by atoms with Crippen molar-refractivity contribution in [1.29, 1.82) is 0 Å². The van der Waals surface area contributed by atoms with Crippen LogP contribution in [0.25, 0.3) is 0 Å². The Morgan fingerprint density at radius 3 is 3.18 bits per heavy atom. The molecule has 2 aromatic rings. The van der Waals surface area contributed by atoms with Crippen LogP contribution in [0.1, 0.15) is 59.7 Å². The molecule has 0 saturated heterocycles. The van der Waals surface area contributed by atoms with Gasteiger partial charge in [-0.3, -0.25) is 0 Å². The number of aromatic nitrogens is 1. The Labute approximate surface area is 133 Å². The number of aryl methyl sites for hydroxylation is 1. The summed E-state index contributed by atoms with van der Waals surface area (Å²) in [5.41, 5.74) is 2.07. The molecule has 5 nitrogen and oxygen atoms in total. The topological polar surface area (TPSA) is 67.2 Å². The van der Waals surface area contributed by atoms with Gasteiger partial charge in [-0.25, -0.2) is 9.78 Å². The molecular formula is C16H19N3O2S. The van der Waals surface area contributed by atoms with Crippen molar-refractivity contribution in [2.24, 2.45) is 0 Å². The molecule has 0 unspecified atom stereocenters. The number of carbonyl (C=O) groups is 1. The van der Waals surface area contributed by atoms with E-state index < -0.39 is 0 Å². The molecule has 6 heteroatoms.